The van der Waals surface area contributed by atoms with Crippen LogP contribution < -0.4 is 10.1 Å². The molecule has 0 spiro atoms. The zero-order valence-electron chi connectivity index (χ0n) is 15.7. The fourth-order valence-corrected chi connectivity index (χ4v) is 3.45. The van der Waals surface area contributed by atoms with Crippen molar-refractivity contribution < 1.29 is 22.1 Å². The van der Waals surface area contributed by atoms with E-state index in [-0.39, 0.29) is 5.75 Å². The first-order valence-corrected chi connectivity index (χ1v) is 10.6. The van der Waals surface area contributed by atoms with E-state index < -0.39 is 22.5 Å². The predicted octanol–water partition coefficient (Wildman–Crippen LogP) is 5.99. The number of nitrogens with one attached hydrogen (secondary N) is 1. The van der Waals surface area contributed by atoms with E-state index in [2.05, 4.69) is 5.32 Å². The Hall–Kier alpha value is -2.80. The summed E-state index contributed by atoms with van der Waals surface area (Å²) in [6, 6.07) is 19.7. The van der Waals surface area contributed by atoms with Gasteiger partial charge < -0.3 is 10.1 Å². The van der Waals surface area contributed by atoms with Crippen molar-refractivity contribution in [2.24, 2.45) is 0 Å². The third kappa shape index (κ3) is 6.35. The van der Waals surface area contributed by atoms with Crippen LogP contribution >= 0.6 is 0 Å². The molecule has 0 amide bonds. The van der Waals surface area contributed by atoms with E-state index in [0.717, 1.165) is 28.9 Å². The Morgan fingerprint density at radius 3 is 2.28 bits per heavy atom. The van der Waals surface area contributed by atoms with E-state index in [1.807, 2.05) is 30.3 Å². The van der Waals surface area contributed by atoms with Crippen molar-refractivity contribution in [3.8, 4) is 11.5 Å². The lowest BCUT2D eigenvalue weighted by atomic mass is 10.2. The lowest BCUT2D eigenvalue weighted by Gasteiger charge is -2.12. The number of rotatable bonds is 7. The summed E-state index contributed by atoms with van der Waals surface area (Å²) >= 11 is 0. The van der Waals surface area contributed by atoms with Crippen LogP contribution in [0.4, 0.5) is 18.9 Å². The summed E-state index contributed by atoms with van der Waals surface area (Å²) in [7, 11) is -0.910. The maximum Gasteiger partial charge on any atom is 0.416 e. The van der Waals surface area contributed by atoms with Crippen LogP contribution in [0.15, 0.2) is 72.8 Å². The molecule has 0 aliphatic carbocycles. The van der Waals surface area contributed by atoms with E-state index in [4.69, 9.17) is 4.74 Å². The first-order chi connectivity index (χ1) is 13.8. The largest absolute Gasteiger partial charge is 0.457 e. The standard InChI is InChI=1S/C22H20F3NO2S/c1-29(27)15-17-6-2-8-19(11-17)26-14-16-5-3-9-20(12-16)28-21-10-4-7-18(13-21)22(23,24)25/h2-13,26H,14-15H2,1H3. The number of benzene rings is 3. The van der Waals surface area contributed by atoms with E-state index in [1.54, 1.807) is 24.5 Å². The number of halogens is 3. The Balaban J connectivity index is 1.67. The van der Waals surface area contributed by atoms with Gasteiger partial charge in [0, 0.05) is 35.0 Å². The highest BCUT2D eigenvalue weighted by atomic mass is 32.2. The molecule has 0 bridgehead atoms. The van der Waals surface area contributed by atoms with Gasteiger partial charge in [-0.2, -0.15) is 13.2 Å². The lowest BCUT2D eigenvalue weighted by molar-refractivity contribution is -0.137. The molecule has 0 aliphatic rings. The smallest absolute Gasteiger partial charge is 0.416 e. The number of alkyl halides is 3. The molecule has 3 nitrogen and oxygen atoms in total. The monoisotopic (exact) mass is 419 g/mol. The van der Waals surface area contributed by atoms with Gasteiger partial charge in [-0.15, -0.1) is 0 Å². The Morgan fingerprint density at radius 2 is 1.55 bits per heavy atom. The molecule has 3 aromatic rings. The maximum absolute atomic E-state index is 12.8. The van der Waals surface area contributed by atoms with Gasteiger partial charge in [0.15, 0.2) is 0 Å². The molecule has 0 aliphatic heterocycles. The molecule has 3 rings (SSSR count). The van der Waals surface area contributed by atoms with Crippen LogP contribution in [0.25, 0.3) is 0 Å². The summed E-state index contributed by atoms with van der Waals surface area (Å²) in [6.45, 7) is 0.512. The molecule has 29 heavy (non-hydrogen) atoms. The molecule has 7 heteroatoms. The normalized spacial score (nSPS) is 12.4. The molecule has 0 saturated carbocycles. The fraction of sp³-hybridized carbons (Fsp3) is 0.182. The highest BCUT2D eigenvalue weighted by Gasteiger charge is 2.30. The SMILES string of the molecule is CS(=O)Cc1cccc(NCc2cccc(Oc3cccc(C(F)(F)F)c3)c2)c1. The van der Waals surface area contributed by atoms with Crippen molar-refractivity contribution in [1.82, 2.24) is 0 Å². The average molecular weight is 419 g/mol. The van der Waals surface area contributed by atoms with Crippen molar-refractivity contribution in [3.63, 3.8) is 0 Å². The zero-order valence-corrected chi connectivity index (χ0v) is 16.5. The topological polar surface area (TPSA) is 38.3 Å². The van der Waals surface area contributed by atoms with Crippen LogP contribution in [0.3, 0.4) is 0 Å². The molecule has 0 aromatic heterocycles. The highest BCUT2D eigenvalue weighted by Crippen LogP contribution is 2.32. The molecular weight excluding hydrogens is 399 g/mol. The van der Waals surface area contributed by atoms with Crippen molar-refractivity contribution in [3.05, 3.63) is 89.5 Å². The second-order valence-corrected chi connectivity index (χ2v) is 7.98. The summed E-state index contributed by atoms with van der Waals surface area (Å²) in [4.78, 5) is 0. The van der Waals surface area contributed by atoms with Gasteiger partial charge in [-0.3, -0.25) is 4.21 Å². The minimum atomic E-state index is -4.41. The number of ether oxygens (including phenoxy) is 1. The second kappa shape index (κ2) is 9.13. The number of hydrogen-bond donors (Lipinski definition) is 1. The van der Waals surface area contributed by atoms with Crippen LogP contribution in [-0.4, -0.2) is 10.5 Å². The fourth-order valence-electron chi connectivity index (χ4n) is 2.80. The van der Waals surface area contributed by atoms with Crippen LogP contribution in [0, 0.1) is 0 Å². The summed E-state index contributed by atoms with van der Waals surface area (Å²) in [5, 5.41) is 3.29. The molecule has 0 saturated heterocycles. The van der Waals surface area contributed by atoms with Crippen LogP contribution in [0.5, 0.6) is 11.5 Å². The Morgan fingerprint density at radius 1 is 0.897 bits per heavy atom. The lowest BCUT2D eigenvalue weighted by Crippen LogP contribution is -2.04. The molecule has 1 atom stereocenters. The van der Waals surface area contributed by atoms with Crippen LogP contribution in [0.2, 0.25) is 0 Å². The summed E-state index contributed by atoms with van der Waals surface area (Å²) in [5.74, 6) is 1.08. The summed E-state index contributed by atoms with van der Waals surface area (Å²) < 4.78 is 55.5. The van der Waals surface area contributed by atoms with Crippen molar-refractivity contribution in [2.75, 3.05) is 11.6 Å². The zero-order chi connectivity index (χ0) is 20.9. The molecule has 0 radical (unpaired) electrons. The molecule has 0 fully saturated rings. The Bertz CT molecular complexity index is 1010. The van der Waals surface area contributed by atoms with Crippen molar-refractivity contribution in [1.29, 1.82) is 0 Å². The molecule has 1 unspecified atom stereocenters. The number of anilines is 1. The van der Waals surface area contributed by atoms with Crippen LogP contribution in [-0.2, 0) is 29.3 Å². The molecule has 152 valence electrons. The van der Waals surface area contributed by atoms with E-state index >= 15 is 0 Å². The van der Waals surface area contributed by atoms with E-state index in [0.29, 0.717) is 18.0 Å². The van der Waals surface area contributed by atoms with E-state index in [9.17, 15) is 17.4 Å². The van der Waals surface area contributed by atoms with Gasteiger partial charge in [0.2, 0.25) is 0 Å². The van der Waals surface area contributed by atoms with E-state index in [1.165, 1.54) is 12.1 Å². The van der Waals surface area contributed by atoms with Gasteiger partial charge in [0.1, 0.15) is 11.5 Å². The van der Waals surface area contributed by atoms with Gasteiger partial charge in [-0.05, 0) is 53.6 Å². The summed E-state index contributed by atoms with van der Waals surface area (Å²) in [5.41, 5.74) is 2.05. The predicted molar refractivity (Wildman–Crippen MR) is 109 cm³/mol. The first kappa shape index (κ1) is 20.9. The third-order valence-corrected chi connectivity index (χ3v) is 4.83. The summed E-state index contributed by atoms with van der Waals surface area (Å²) in [6.07, 6.45) is -2.75. The van der Waals surface area contributed by atoms with Crippen molar-refractivity contribution in [2.45, 2.75) is 18.5 Å². The molecular formula is C22H20F3NO2S. The first-order valence-electron chi connectivity index (χ1n) is 8.86. The molecule has 0 heterocycles. The van der Waals surface area contributed by atoms with Gasteiger partial charge in [0.25, 0.3) is 0 Å². The van der Waals surface area contributed by atoms with Crippen molar-refractivity contribution >= 4 is 16.5 Å². The van der Waals surface area contributed by atoms with Gasteiger partial charge >= 0.3 is 6.18 Å². The van der Waals surface area contributed by atoms with Gasteiger partial charge in [-0.1, -0.05) is 30.3 Å². The quantitative estimate of drug-likeness (QED) is 0.511. The van der Waals surface area contributed by atoms with Crippen LogP contribution in [0.1, 0.15) is 16.7 Å². The highest BCUT2D eigenvalue weighted by molar-refractivity contribution is 7.83. The molecule has 3 aromatic carbocycles. The minimum absolute atomic E-state index is 0.130. The Labute approximate surface area is 170 Å². The number of hydrogen-bond acceptors (Lipinski definition) is 3. The maximum atomic E-state index is 12.8. The molecule has 1 N–H and O–H groups in total. The third-order valence-electron chi connectivity index (χ3n) is 4.09. The Kier molecular flexibility index (Phi) is 6.59. The van der Waals surface area contributed by atoms with Gasteiger partial charge in [-0.25, -0.2) is 0 Å². The second-order valence-electron chi connectivity index (χ2n) is 6.55. The average Bonchev–Trinajstić information content (AvgIpc) is 2.66. The minimum Gasteiger partial charge on any atom is -0.457 e. The van der Waals surface area contributed by atoms with Gasteiger partial charge in [0.05, 0.1) is 5.56 Å².